The molecule has 2 aromatic carbocycles. The minimum absolute atomic E-state index is 0.0474. The van der Waals surface area contributed by atoms with Gasteiger partial charge in [-0.25, -0.2) is 4.98 Å². The Hall–Kier alpha value is -3.44. The molecule has 236 valence electrons. The number of ether oxygens (including phenoxy) is 1. The molecule has 0 bridgehead atoms. The van der Waals surface area contributed by atoms with Crippen molar-refractivity contribution >= 4 is 50.2 Å². The van der Waals surface area contributed by atoms with Gasteiger partial charge in [0, 0.05) is 59.3 Å². The van der Waals surface area contributed by atoms with Crippen molar-refractivity contribution in [1.82, 2.24) is 14.8 Å². The van der Waals surface area contributed by atoms with Crippen molar-refractivity contribution in [1.29, 1.82) is 0 Å². The lowest BCUT2D eigenvalue weighted by Crippen LogP contribution is -2.50. The van der Waals surface area contributed by atoms with Crippen molar-refractivity contribution in [2.24, 2.45) is 11.8 Å². The van der Waals surface area contributed by atoms with Gasteiger partial charge in [-0.3, -0.25) is 14.4 Å². The number of halogens is 1. The number of carbonyl (C=O) groups is 3. The summed E-state index contributed by atoms with van der Waals surface area (Å²) in [6.07, 6.45) is 6.03. The maximum absolute atomic E-state index is 14.4. The number of aromatic nitrogens is 1. The number of aliphatic carboxylic acids is 1. The zero-order valence-corrected chi connectivity index (χ0v) is 27.7. The Kier molecular flexibility index (Phi) is 8.33. The molecule has 4 heterocycles. The molecule has 45 heavy (non-hydrogen) atoms. The van der Waals surface area contributed by atoms with E-state index >= 15 is 0 Å². The van der Waals surface area contributed by atoms with Gasteiger partial charge in [0.25, 0.3) is 5.91 Å². The molecule has 0 radical (unpaired) electrons. The Balaban J connectivity index is 1.23. The molecule has 1 N–H and O–H groups in total. The molecule has 1 saturated carbocycles. The van der Waals surface area contributed by atoms with Crippen molar-refractivity contribution in [3.8, 4) is 5.75 Å². The van der Waals surface area contributed by atoms with E-state index < -0.39 is 23.8 Å². The number of nitrogens with zero attached hydrogens (tertiary/aromatic N) is 4. The molecule has 1 saturated heterocycles. The van der Waals surface area contributed by atoms with E-state index in [9.17, 15) is 19.5 Å². The molecule has 2 amide bonds. The minimum atomic E-state index is -0.903. The van der Waals surface area contributed by atoms with Gasteiger partial charge in [0.1, 0.15) is 11.9 Å². The first-order valence-electron chi connectivity index (χ1n) is 15.8. The van der Waals surface area contributed by atoms with E-state index in [0.29, 0.717) is 51.0 Å². The smallest absolute Gasteiger partial charge is 0.307 e. The standard InChI is InChI=1S/C34H37BrN4O5S/c1-20-16-36-34(45-20)37-14-12-22(18-37)44-29-11-10-27(35)26-13-15-39(32(41)24-8-4-5-9-25(24)33(42)43)28(30(26)29)19-38-17-21-6-2-3-7-23(21)31(38)40/h2-3,6-7,10-11,16,22,24-25,28H,4-5,8-9,12-15,17-19H2,1H3,(H,42,43)/t22?,24-,25+,28-/m1/s1. The predicted molar refractivity (Wildman–Crippen MR) is 175 cm³/mol. The van der Waals surface area contributed by atoms with E-state index in [1.165, 1.54) is 4.88 Å². The monoisotopic (exact) mass is 692 g/mol. The summed E-state index contributed by atoms with van der Waals surface area (Å²) in [6, 6.07) is 11.2. The summed E-state index contributed by atoms with van der Waals surface area (Å²) in [5, 5.41) is 11.0. The number of benzene rings is 2. The number of anilines is 1. The quantitative estimate of drug-likeness (QED) is 0.332. The van der Waals surface area contributed by atoms with Crippen LogP contribution in [0, 0.1) is 18.8 Å². The van der Waals surface area contributed by atoms with Crippen molar-refractivity contribution in [3.63, 3.8) is 0 Å². The van der Waals surface area contributed by atoms with Gasteiger partial charge >= 0.3 is 5.97 Å². The SMILES string of the molecule is Cc1cnc(N2CCC(Oc3ccc(Br)c4c3[C@@H](CN3Cc5ccccc5C3=O)N(C(=O)[C@@H]3CCCC[C@@H]3C(=O)O)CC4)C2)s1. The maximum Gasteiger partial charge on any atom is 0.307 e. The van der Waals surface area contributed by atoms with Gasteiger partial charge in [0.15, 0.2) is 5.13 Å². The van der Waals surface area contributed by atoms with Gasteiger partial charge in [-0.05, 0) is 55.5 Å². The Bertz CT molecular complexity index is 1640. The van der Waals surface area contributed by atoms with Gasteiger partial charge < -0.3 is 24.5 Å². The molecular weight excluding hydrogens is 656 g/mol. The van der Waals surface area contributed by atoms with Crippen LogP contribution in [0.4, 0.5) is 5.13 Å². The fraction of sp³-hybridized carbons (Fsp3) is 0.471. The predicted octanol–water partition coefficient (Wildman–Crippen LogP) is 5.84. The van der Waals surface area contributed by atoms with E-state index in [0.717, 1.165) is 57.9 Å². The third-order valence-corrected chi connectivity index (χ3v) is 11.6. The lowest BCUT2D eigenvalue weighted by atomic mass is 9.77. The third kappa shape index (κ3) is 5.73. The number of hydrogen-bond acceptors (Lipinski definition) is 7. The molecule has 9 nitrogen and oxygen atoms in total. The Morgan fingerprint density at radius 1 is 1.09 bits per heavy atom. The molecule has 1 unspecified atom stereocenters. The Morgan fingerprint density at radius 3 is 2.64 bits per heavy atom. The van der Waals surface area contributed by atoms with Crippen LogP contribution in [0.2, 0.25) is 0 Å². The second kappa shape index (κ2) is 12.4. The molecule has 1 aliphatic carbocycles. The number of carbonyl (C=O) groups excluding carboxylic acids is 2. The lowest BCUT2D eigenvalue weighted by molar-refractivity contribution is -0.153. The topological polar surface area (TPSA) is 103 Å². The van der Waals surface area contributed by atoms with Gasteiger partial charge in [-0.1, -0.05) is 47.0 Å². The summed E-state index contributed by atoms with van der Waals surface area (Å²) < 4.78 is 7.73. The van der Waals surface area contributed by atoms with Crippen molar-refractivity contribution in [2.75, 3.05) is 31.1 Å². The van der Waals surface area contributed by atoms with Crippen LogP contribution in [0.25, 0.3) is 0 Å². The number of carboxylic acid groups (broad SMARTS) is 1. The first-order valence-corrected chi connectivity index (χ1v) is 17.4. The zero-order valence-electron chi connectivity index (χ0n) is 25.3. The number of hydrogen-bond donors (Lipinski definition) is 1. The zero-order chi connectivity index (χ0) is 31.2. The number of aryl methyl sites for hydroxylation is 1. The molecule has 1 aromatic heterocycles. The summed E-state index contributed by atoms with van der Waals surface area (Å²) in [7, 11) is 0. The summed E-state index contributed by atoms with van der Waals surface area (Å²) in [5.41, 5.74) is 3.66. The van der Waals surface area contributed by atoms with Gasteiger partial charge in [-0.15, -0.1) is 11.3 Å². The maximum atomic E-state index is 14.4. The molecule has 4 aliphatic rings. The van der Waals surface area contributed by atoms with Crippen LogP contribution in [0.1, 0.15) is 70.1 Å². The fourth-order valence-corrected chi connectivity index (χ4v) is 8.95. The van der Waals surface area contributed by atoms with Crippen LogP contribution in [0.5, 0.6) is 5.75 Å². The summed E-state index contributed by atoms with van der Waals surface area (Å²) >= 11 is 5.46. The van der Waals surface area contributed by atoms with E-state index in [2.05, 4.69) is 32.7 Å². The van der Waals surface area contributed by atoms with Crippen LogP contribution in [-0.2, 0) is 22.6 Å². The highest BCUT2D eigenvalue weighted by Crippen LogP contribution is 2.44. The first-order chi connectivity index (χ1) is 21.8. The molecule has 2 fully saturated rings. The van der Waals surface area contributed by atoms with Crippen molar-refractivity contribution in [2.45, 2.75) is 64.1 Å². The molecule has 3 aromatic rings. The highest BCUT2D eigenvalue weighted by molar-refractivity contribution is 9.10. The summed E-state index contributed by atoms with van der Waals surface area (Å²) in [4.78, 5) is 51.9. The van der Waals surface area contributed by atoms with Gasteiger partial charge in [0.05, 0.1) is 24.4 Å². The number of amides is 2. The molecule has 0 spiro atoms. The third-order valence-electron chi connectivity index (χ3n) is 9.86. The van der Waals surface area contributed by atoms with Crippen LogP contribution >= 0.6 is 27.3 Å². The second-order valence-electron chi connectivity index (χ2n) is 12.6. The highest BCUT2D eigenvalue weighted by Gasteiger charge is 2.44. The van der Waals surface area contributed by atoms with Crippen molar-refractivity contribution < 1.29 is 24.2 Å². The normalized spacial score (nSPS) is 24.5. The molecule has 7 rings (SSSR count). The number of carboxylic acids is 1. The second-order valence-corrected chi connectivity index (χ2v) is 14.7. The highest BCUT2D eigenvalue weighted by atomic mass is 79.9. The largest absolute Gasteiger partial charge is 0.488 e. The molecule has 4 atom stereocenters. The molecule has 11 heteroatoms. The average Bonchev–Trinajstić information content (AvgIpc) is 3.77. The minimum Gasteiger partial charge on any atom is -0.488 e. The molecule has 3 aliphatic heterocycles. The lowest BCUT2D eigenvalue weighted by Gasteiger charge is -2.43. The van der Waals surface area contributed by atoms with E-state index in [-0.39, 0.29) is 17.9 Å². The summed E-state index contributed by atoms with van der Waals surface area (Å²) in [6.45, 7) is 4.85. The molecular formula is C34H37BrN4O5S. The fourth-order valence-electron chi connectivity index (χ4n) is 7.61. The number of fused-ring (bicyclic) bond motifs is 2. The Morgan fingerprint density at radius 2 is 1.89 bits per heavy atom. The van der Waals surface area contributed by atoms with E-state index in [1.54, 1.807) is 11.3 Å². The van der Waals surface area contributed by atoms with Gasteiger partial charge in [-0.2, -0.15) is 0 Å². The first kappa shape index (κ1) is 30.2. The summed E-state index contributed by atoms with van der Waals surface area (Å²) in [5.74, 6) is -1.62. The van der Waals surface area contributed by atoms with Crippen LogP contribution in [-0.4, -0.2) is 70.0 Å². The Labute approximate surface area is 275 Å². The van der Waals surface area contributed by atoms with Gasteiger partial charge in [0.2, 0.25) is 5.91 Å². The van der Waals surface area contributed by atoms with Crippen LogP contribution in [0.15, 0.2) is 47.1 Å². The van der Waals surface area contributed by atoms with Crippen LogP contribution < -0.4 is 9.64 Å². The average molecular weight is 694 g/mol. The van der Waals surface area contributed by atoms with Crippen molar-refractivity contribution in [3.05, 3.63) is 74.2 Å². The van der Waals surface area contributed by atoms with E-state index in [1.807, 2.05) is 52.4 Å². The number of rotatable bonds is 7. The van der Waals surface area contributed by atoms with E-state index in [4.69, 9.17) is 4.74 Å². The number of thiazole rings is 1. The van der Waals surface area contributed by atoms with Crippen LogP contribution in [0.3, 0.4) is 0 Å².